The van der Waals surface area contributed by atoms with Crippen LogP contribution in [0, 0.1) is 0 Å². The molecule has 2 heterocycles. The average Bonchev–Trinajstić information content (AvgIpc) is 2.74. The zero-order chi connectivity index (χ0) is 19.3. The lowest BCUT2D eigenvalue weighted by molar-refractivity contribution is 0.118. The number of nitrogens with zero attached hydrogens (tertiary/aromatic N) is 2. The summed E-state index contributed by atoms with van der Waals surface area (Å²) in [5.41, 5.74) is 1.52. The van der Waals surface area contributed by atoms with Crippen molar-refractivity contribution < 1.29 is 13.9 Å². The Bertz CT molecular complexity index is 1150. The third kappa shape index (κ3) is 3.87. The van der Waals surface area contributed by atoms with E-state index in [0.29, 0.717) is 41.9 Å². The predicted molar refractivity (Wildman–Crippen MR) is 107 cm³/mol. The lowest BCUT2D eigenvalue weighted by Gasteiger charge is -2.06. The highest BCUT2D eigenvalue weighted by atomic mass is 16.5. The fourth-order valence-electron chi connectivity index (χ4n) is 3.06. The summed E-state index contributed by atoms with van der Waals surface area (Å²) < 4.78 is 16.2. The van der Waals surface area contributed by atoms with Crippen molar-refractivity contribution >= 4 is 21.9 Å². The zero-order valence-electron chi connectivity index (χ0n) is 15.6. The van der Waals surface area contributed by atoms with Crippen molar-refractivity contribution in [2.24, 2.45) is 0 Å². The SMILES string of the molecule is COc1ccc(COCCCc2ncc3c(n2)c(=O)oc2ccccc23)cc1. The van der Waals surface area contributed by atoms with Gasteiger partial charge < -0.3 is 13.9 Å². The number of ether oxygens (including phenoxy) is 2. The van der Waals surface area contributed by atoms with E-state index in [2.05, 4.69) is 9.97 Å². The van der Waals surface area contributed by atoms with Crippen molar-refractivity contribution in [1.82, 2.24) is 9.97 Å². The molecular formula is C22H20N2O4. The number of aryl methyl sites for hydroxylation is 1. The van der Waals surface area contributed by atoms with Gasteiger partial charge in [0, 0.05) is 30.0 Å². The lowest BCUT2D eigenvalue weighted by atomic mass is 10.1. The summed E-state index contributed by atoms with van der Waals surface area (Å²) in [6, 6.07) is 15.2. The second kappa shape index (κ2) is 8.19. The van der Waals surface area contributed by atoms with Crippen molar-refractivity contribution in [2.75, 3.05) is 13.7 Å². The highest BCUT2D eigenvalue weighted by molar-refractivity contribution is 6.02. The molecular weight excluding hydrogens is 356 g/mol. The van der Waals surface area contributed by atoms with Crippen LogP contribution in [0.15, 0.2) is 63.9 Å². The number of para-hydroxylation sites is 1. The van der Waals surface area contributed by atoms with Gasteiger partial charge >= 0.3 is 5.63 Å². The highest BCUT2D eigenvalue weighted by Gasteiger charge is 2.10. The van der Waals surface area contributed by atoms with Crippen molar-refractivity contribution in [3.8, 4) is 5.75 Å². The number of aromatic nitrogens is 2. The summed E-state index contributed by atoms with van der Waals surface area (Å²) in [5, 5.41) is 1.55. The summed E-state index contributed by atoms with van der Waals surface area (Å²) in [4.78, 5) is 21.1. The molecule has 0 N–H and O–H groups in total. The number of benzene rings is 2. The van der Waals surface area contributed by atoms with Crippen molar-refractivity contribution in [1.29, 1.82) is 0 Å². The van der Waals surface area contributed by atoms with Crippen molar-refractivity contribution in [3.63, 3.8) is 0 Å². The molecule has 0 atom stereocenters. The molecule has 6 heteroatoms. The Kier molecular flexibility index (Phi) is 5.30. The van der Waals surface area contributed by atoms with Crippen LogP contribution in [0.3, 0.4) is 0 Å². The van der Waals surface area contributed by atoms with Gasteiger partial charge in [0.05, 0.1) is 13.7 Å². The number of hydrogen-bond acceptors (Lipinski definition) is 6. The average molecular weight is 376 g/mol. The summed E-state index contributed by atoms with van der Waals surface area (Å²) in [6.07, 6.45) is 3.10. The normalized spacial score (nSPS) is 11.2. The molecule has 4 rings (SSSR count). The maximum atomic E-state index is 12.2. The molecule has 2 aromatic carbocycles. The van der Waals surface area contributed by atoms with Gasteiger partial charge in [0.2, 0.25) is 0 Å². The van der Waals surface area contributed by atoms with Gasteiger partial charge in [-0.3, -0.25) is 0 Å². The first-order valence-electron chi connectivity index (χ1n) is 9.13. The third-order valence-corrected chi connectivity index (χ3v) is 4.53. The van der Waals surface area contributed by atoms with E-state index < -0.39 is 5.63 Å². The highest BCUT2D eigenvalue weighted by Crippen LogP contribution is 2.20. The Morgan fingerprint density at radius 2 is 1.86 bits per heavy atom. The van der Waals surface area contributed by atoms with E-state index in [0.717, 1.165) is 23.1 Å². The second-order valence-electron chi connectivity index (χ2n) is 6.44. The molecule has 0 amide bonds. The van der Waals surface area contributed by atoms with Gasteiger partial charge in [-0.25, -0.2) is 14.8 Å². The van der Waals surface area contributed by atoms with Gasteiger partial charge in [-0.05, 0) is 30.2 Å². The molecule has 142 valence electrons. The molecule has 0 fully saturated rings. The smallest absolute Gasteiger partial charge is 0.363 e. The van der Waals surface area contributed by atoms with Gasteiger partial charge in [-0.15, -0.1) is 0 Å². The van der Waals surface area contributed by atoms with Crippen LogP contribution in [0.4, 0.5) is 0 Å². The van der Waals surface area contributed by atoms with Gasteiger partial charge in [0.25, 0.3) is 0 Å². The molecule has 2 aromatic heterocycles. The Labute approximate surface area is 161 Å². The lowest BCUT2D eigenvalue weighted by Crippen LogP contribution is -2.07. The Morgan fingerprint density at radius 3 is 2.68 bits per heavy atom. The fourth-order valence-corrected chi connectivity index (χ4v) is 3.06. The molecule has 0 radical (unpaired) electrons. The van der Waals surface area contributed by atoms with Crippen LogP contribution in [-0.4, -0.2) is 23.7 Å². The molecule has 0 bridgehead atoms. The topological polar surface area (TPSA) is 74.5 Å². The van der Waals surface area contributed by atoms with E-state index in [1.54, 1.807) is 19.4 Å². The number of fused-ring (bicyclic) bond motifs is 3. The summed E-state index contributed by atoms with van der Waals surface area (Å²) in [7, 11) is 1.65. The fraction of sp³-hybridized carbons (Fsp3) is 0.227. The van der Waals surface area contributed by atoms with Crippen LogP contribution in [0.25, 0.3) is 21.9 Å². The standard InChI is InChI=1S/C22H20N2O4/c1-26-16-10-8-15(9-11-16)14-27-12-4-7-20-23-13-18-17-5-2-3-6-19(17)28-22(25)21(18)24-20/h2-3,5-6,8-11,13H,4,7,12,14H2,1H3. The maximum absolute atomic E-state index is 12.2. The van der Waals surface area contributed by atoms with E-state index in [-0.39, 0.29) is 0 Å². The van der Waals surface area contributed by atoms with Gasteiger partial charge in [0.15, 0.2) is 5.52 Å². The van der Waals surface area contributed by atoms with Crippen LogP contribution in [-0.2, 0) is 17.8 Å². The molecule has 0 unspecified atom stereocenters. The van der Waals surface area contributed by atoms with Crippen LogP contribution >= 0.6 is 0 Å². The molecule has 0 aliphatic heterocycles. The quantitative estimate of drug-likeness (QED) is 0.277. The second-order valence-corrected chi connectivity index (χ2v) is 6.44. The minimum atomic E-state index is -0.437. The first kappa shape index (κ1) is 18.1. The van der Waals surface area contributed by atoms with Crippen molar-refractivity contribution in [2.45, 2.75) is 19.4 Å². The first-order chi connectivity index (χ1) is 13.7. The summed E-state index contributed by atoms with van der Waals surface area (Å²) in [5.74, 6) is 1.44. The predicted octanol–water partition coefficient (Wildman–Crippen LogP) is 3.89. The molecule has 28 heavy (non-hydrogen) atoms. The molecule has 6 nitrogen and oxygen atoms in total. The van der Waals surface area contributed by atoms with Crippen LogP contribution in [0.2, 0.25) is 0 Å². The number of hydrogen-bond donors (Lipinski definition) is 0. The summed E-state index contributed by atoms with van der Waals surface area (Å²) in [6.45, 7) is 1.12. The van der Waals surface area contributed by atoms with E-state index in [9.17, 15) is 4.79 Å². The molecule has 0 aliphatic rings. The van der Waals surface area contributed by atoms with Gasteiger partial charge in [0.1, 0.15) is 17.2 Å². The number of rotatable bonds is 7. The maximum Gasteiger partial charge on any atom is 0.363 e. The Hall–Kier alpha value is -3.25. The van der Waals surface area contributed by atoms with Gasteiger partial charge in [-0.1, -0.05) is 30.3 Å². The number of methoxy groups -OCH3 is 1. The van der Waals surface area contributed by atoms with Crippen LogP contribution < -0.4 is 10.4 Å². The zero-order valence-corrected chi connectivity index (χ0v) is 15.6. The van der Waals surface area contributed by atoms with E-state index >= 15 is 0 Å². The molecule has 0 aliphatic carbocycles. The minimum Gasteiger partial charge on any atom is -0.497 e. The van der Waals surface area contributed by atoms with Gasteiger partial charge in [-0.2, -0.15) is 0 Å². The summed E-state index contributed by atoms with van der Waals surface area (Å²) >= 11 is 0. The van der Waals surface area contributed by atoms with Crippen molar-refractivity contribution in [3.05, 3.63) is 76.5 Å². The molecule has 0 saturated heterocycles. The van der Waals surface area contributed by atoms with E-state index in [4.69, 9.17) is 13.9 Å². The monoisotopic (exact) mass is 376 g/mol. The minimum absolute atomic E-state index is 0.322. The van der Waals surface area contributed by atoms with E-state index in [1.807, 2.05) is 42.5 Å². The van der Waals surface area contributed by atoms with Crippen LogP contribution in [0.1, 0.15) is 17.8 Å². The molecule has 0 saturated carbocycles. The molecule has 4 aromatic rings. The van der Waals surface area contributed by atoms with Crippen LogP contribution in [0.5, 0.6) is 5.75 Å². The first-order valence-corrected chi connectivity index (χ1v) is 9.13. The van der Waals surface area contributed by atoms with E-state index in [1.165, 1.54) is 0 Å². The molecule has 0 spiro atoms. The third-order valence-electron chi connectivity index (χ3n) is 4.53. The Balaban J connectivity index is 1.37. The largest absolute Gasteiger partial charge is 0.497 e. The Morgan fingerprint density at radius 1 is 1.04 bits per heavy atom.